The maximum atomic E-state index is 5.86. The third kappa shape index (κ3) is 2.26. The van der Waals surface area contributed by atoms with E-state index in [0.717, 1.165) is 30.7 Å². The largest absolute Gasteiger partial charge is 0.477 e. The van der Waals surface area contributed by atoms with E-state index in [4.69, 9.17) is 4.74 Å². The number of nitrogens with zero attached hydrogens (tertiary/aromatic N) is 1. The fourth-order valence-electron chi connectivity index (χ4n) is 2.34. The van der Waals surface area contributed by atoms with Crippen LogP contribution >= 0.6 is 0 Å². The molecular weight excluding hydrogens is 234 g/mol. The quantitative estimate of drug-likeness (QED) is 0.500. The molecule has 2 heteroatoms. The first-order valence-corrected chi connectivity index (χ1v) is 6.79. The standard InChI is InChI=1S/C17H17NO/c1-2-3-12-19-17-16-14(10-11-18-17)9-8-13-6-4-5-7-15(13)16/h4-11H,2-3,12H2,1H3. The average molecular weight is 251 g/mol. The van der Waals surface area contributed by atoms with Crippen LogP contribution in [0.15, 0.2) is 48.7 Å². The summed E-state index contributed by atoms with van der Waals surface area (Å²) in [6.45, 7) is 2.89. The number of fused-ring (bicyclic) bond motifs is 3. The Morgan fingerprint density at radius 2 is 1.84 bits per heavy atom. The lowest BCUT2D eigenvalue weighted by Gasteiger charge is -2.10. The lowest BCUT2D eigenvalue weighted by molar-refractivity contribution is 0.302. The van der Waals surface area contributed by atoms with E-state index < -0.39 is 0 Å². The Morgan fingerprint density at radius 3 is 2.74 bits per heavy atom. The molecule has 96 valence electrons. The molecule has 3 rings (SSSR count). The molecule has 0 radical (unpaired) electrons. The second-order valence-corrected chi connectivity index (χ2v) is 4.70. The molecule has 0 aliphatic carbocycles. The third-order valence-corrected chi connectivity index (χ3v) is 3.36. The number of ether oxygens (including phenoxy) is 1. The molecule has 0 N–H and O–H groups in total. The molecule has 19 heavy (non-hydrogen) atoms. The van der Waals surface area contributed by atoms with Crippen LogP contribution < -0.4 is 4.74 Å². The Kier molecular flexibility index (Phi) is 3.32. The van der Waals surface area contributed by atoms with Crippen molar-refractivity contribution in [3.63, 3.8) is 0 Å². The molecule has 2 aromatic carbocycles. The van der Waals surface area contributed by atoms with Gasteiger partial charge in [0.05, 0.1) is 12.0 Å². The van der Waals surface area contributed by atoms with E-state index in [1.807, 2.05) is 12.3 Å². The van der Waals surface area contributed by atoms with E-state index in [1.165, 1.54) is 16.2 Å². The summed E-state index contributed by atoms with van der Waals surface area (Å²) in [7, 11) is 0. The minimum absolute atomic E-state index is 0.728. The molecule has 0 unspecified atom stereocenters. The van der Waals surface area contributed by atoms with Gasteiger partial charge in [-0.2, -0.15) is 0 Å². The van der Waals surface area contributed by atoms with E-state index in [9.17, 15) is 0 Å². The van der Waals surface area contributed by atoms with Crippen molar-refractivity contribution in [3.8, 4) is 5.88 Å². The van der Waals surface area contributed by atoms with E-state index in [2.05, 4.69) is 48.3 Å². The molecule has 0 aliphatic heterocycles. The Balaban J connectivity index is 2.18. The van der Waals surface area contributed by atoms with Crippen LogP contribution in [0.3, 0.4) is 0 Å². The number of rotatable bonds is 4. The van der Waals surface area contributed by atoms with Crippen LogP contribution in [0.2, 0.25) is 0 Å². The maximum Gasteiger partial charge on any atom is 0.221 e. The number of hydrogen-bond acceptors (Lipinski definition) is 2. The molecule has 0 atom stereocenters. The average Bonchev–Trinajstić information content (AvgIpc) is 2.47. The molecule has 0 amide bonds. The highest BCUT2D eigenvalue weighted by Gasteiger charge is 2.07. The molecule has 0 bridgehead atoms. The minimum atomic E-state index is 0.728. The lowest BCUT2D eigenvalue weighted by atomic mass is 10.0. The molecule has 0 spiro atoms. The van der Waals surface area contributed by atoms with Gasteiger partial charge < -0.3 is 4.74 Å². The first-order chi connectivity index (χ1) is 9.40. The SMILES string of the molecule is CCCCOc1nccc2ccc3ccccc3c12. The summed E-state index contributed by atoms with van der Waals surface area (Å²) < 4.78 is 5.86. The van der Waals surface area contributed by atoms with Gasteiger partial charge in [0.2, 0.25) is 5.88 Å². The molecule has 3 aromatic rings. The number of aromatic nitrogens is 1. The molecule has 1 heterocycles. The topological polar surface area (TPSA) is 22.1 Å². The second-order valence-electron chi connectivity index (χ2n) is 4.70. The van der Waals surface area contributed by atoms with Crippen LogP contribution in [0.25, 0.3) is 21.5 Å². The van der Waals surface area contributed by atoms with Gasteiger partial charge in [0.15, 0.2) is 0 Å². The summed E-state index contributed by atoms with van der Waals surface area (Å²) >= 11 is 0. The van der Waals surface area contributed by atoms with Gasteiger partial charge in [-0.05, 0) is 28.6 Å². The van der Waals surface area contributed by atoms with Gasteiger partial charge in [-0.3, -0.25) is 0 Å². The first kappa shape index (κ1) is 12.0. The lowest BCUT2D eigenvalue weighted by Crippen LogP contribution is -1.99. The zero-order valence-corrected chi connectivity index (χ0v) is 11.1. The predicted octanol–water partition coefficient (Wildman–Crippen LogP) is 4.57. The summed E-state index contributed by atoms with van der Waals surface area (Å²) in [5, 5.41) is 4.74. The van der Waals surface area contributed by atoms with Crippen molar-refractivity contribution in [1.29, 1.82) is 0 Å². The Hall–Kier alpha value is -2.09. The number of pyridine rings is 1. The van der Waals surface area contributed by atoms with Crippen LogP contribution in [-0.2, 0) is 0 Å². The number of unbranched alkanes of at least 4 members (excludes halogenated alkanes) is 1. The molecule has 1 aromatic heterocycles. The van der Waals surface area contributed by atoms with Crippen LogP contribution in [0, 0.1) is 0 Å². The zero-order valence-electron chi connectivity index (χ0n) is 11.1. The van der Waals surface area contributed by atoms with Gasteiger partial charge in [-0.15, -0.1) is 0 Å². The predicted molar refractivity (Wildman–Crippen MR) is 79.7 cm³/mol. The maximum absolute atomic E-state index is 5.86. The summed E-state index contributed by atoms with van der Waals surface area (Å²) in [6.07, 6.45) is 4.01. The summed E-state index contributed by atoms with van der Waals surface area (Å²) in [5.41, 5.74) is 0. The highest BCUT2D eigenvalue weighted by molar-refractivity contribution is 6.09. The van der Waals surface area contributed by atoms with E-state index in [0.29, 0.717) is 0 Å². The Morgan fingerprint density at radius 1 is 1.00 bits per heavy atom. The molecule has 0 fully saturated rings. The van der Waals surface area contributed by atoms with Gasteiger partial charge >= 0.3 is 0 Å². The number of benzene rings is 2. The van der Waals surface area contributed by atoms with Crippen molar-refractivity contribution in [2.24, 2.45) is 0 Å². The first-order valence-electron chi connectivity index (χ1n) is 6.79. The highest BCUT2D eigenvalue weighted by atomic mass is 16.5. The van der Waals surface area contributed by atoms with Gasteiger partial charge in [-0.25, -0.2) is 4.98 Å². The molecule has 0 saturated heterocycles. The molecule has 2 nitrogen and oxygen atoms in total. The summed E-state index contributed by atoms with van der Waals surface area (Å²) in [4.78, 5) is 4.41. The van der Waals surface area contributed by atoms with Gasteiger partial charge in [0, 0.05) is 6.20 Å². The van der Waals surface area contributed by atoms with Crippen LogP contribution in [0.1, 0.15) is 19.8 Å². The zero-order chi connectivity index (χ0) is 13.1. The van der Waals surface area contributed by atoms with Crippen LogP contribution in [-0.4, -0.2) is 11.6 Å². The van der Waals surface area contributed by atoms with Gasteiger partial charge in [0.25, 0.3) is 0 Å². The summed E-state index contributed by atoms with van der Waals surface area (Å²) in [6, 6.07) is 14.7. The Bertz CT molecular complexity index is 706. The molecular formula is C17H17NO. The van der Waals surface area contributed by atoms with Gasteiger partial charge in [0.1, 0.15) is 0 Å². The smallest absolute Gasteiger partial charge is 0.221 e. The van der Waals surface area contributed by atoms with Crippen LogP contribution in [0.4, 0.5) is 0 Å². The monoisotopic (exact) mass is 251 g/mol. The van der Waals surface area contributed by atoms with Crippen molar-refractivity contribution < 1.29 is 4.74 Å². The highest BCUT2D eigenvalue weighted by Crippen LogP contribution is 2.31. The van der Waals surface area contributed by atoms with Crippen molar-refractivity contribution in [2.45, 2.75) is 19.8 Å². The second kappa shape index (κ2) is 5.27. The van der Waals surface area contributed by atoms with Crippen molar-refractivity contribution in [1.82, 2.24) is 4.98 Å². The fraction of sp³-hybridized carbons (Fsp3) is 0.235. The molecule has 0 aliphatic rings. The van der Waals surface area contributed by atoms with Crippen molar-refractivity contribution >= 4 is 21.5 Å². The fourth-order valence-corrected chi connectivity index (χ4v) is 2.34. The summed E-state index contributed by atoms with van der Waals surface area (Å²) in [5.74, 6) is 0.753. The van der Waals surface area contributed by atoms with E-state index in [1.54, 1.807) is 0 Å². The van der Waals surface area contributed by atoms with E-state index >= 15 is 0 Å². The van der Waals surface area contributed by atoms with Crippen molar-refractivity contribution in [3.05, 3.63) is 48.7 Å². The van der Waals surface area contributed by atoms with Crippen LogP contribution in [0.5, 0.6) is 5.88 Å². The van der Waals surface area contributed by atoms with Gasteiger partial charge in [-0.1, -0.05) is 49.7 Å². The number of hydrogen-bond donors (Lipinski definition) is 0. The normalized spacial score (nSPS) is 11.0. The minimum Gasteiger partial charge on any atom is -0.477 e. The Labute approximate surface area is 113 Å². The third-order valence-electron chi connectivity index (χ3n) is 3.36. The molecule has 0 saturated carbocycles. The van der Waals surface area contributed by atoms with Crippen molar-refractivity contribution in [2.75, 3.05) is 6.61 Å². The van der Waals surface area contributed by atoms with E-state index in [-0.39, 0.29) is 0 Å².